The van der Waals surface area contributed by atoms with E-state index in [1.165, 1.54) is 60.8 Å². The van der Waals surface area contributed by atoms with Gasteiger partial charge in [-0.1, -0.05) is 96.6 Å². The lowest BCUT2D eigenvalue weighted by molar-refractivity contribution is 0.398. The van der Waals surface area contributed by atoms with Gasteiger partial charge in [0.2, 0.25) is 0 Å². The molecule has 3 rings (SSSR count). The van der Waals surface area contributed by atoms with Crippen molar-refractivity contribution in [1.29, 1.82) is 0 Å². The number of aryl methyl sites for hydroxylation is 4. The van der Waals surface area contributed by atoms with Crippen LogP contribution in [-0.4, -0.2) is 0 Å². The maximum absolute atomic E-state index is 14.4. The summed E-state index contributed by atoms with van der Waals surface area (Å²) in [7, 11) is -3.68. The summed E-state index contributed by atoms with van der Waals surface area (Å²) in [5.41, 5.74) is 5.21. The first kappa shape index (κ1) is 30.0. The van der Waals surface area contributed by atoms with Crippen molar-refractivity contribution >= 4 is 12.9 Å². The molecule has 4 heteroatoms. The van der Waals surface area contributed by atoms with Gasteiger partial charge in [-0.15, -0.1) is 0 Å². The monoisotopic (exact) mass is 534 g/mol. The lowest BCUT2D eigenvalue weighted by Crippen LogP contribution is -2.15. The molecule has 3 aromatic rings. The van der Waals surface area contributed by atoms with Gasteiger partial charge in [0.15, 0.2) is 0 Å². The Kier molecular flexibility index (Phi) is 12.5. The van der Waals surface area contributed by atoms with Crippen LogP contribution >= 0.6 is 7.60 Å². The average Bonchev–Trinajstić information content (AvgIpc) is 2.94. The highest BCUT2D eigenvalue weighted by Crippen LogP contribution is 2.48. The highest BCUT2D eigenvalue weighted by atomic mass is 31.2. The van der Waals surface area contributed by atoms with Crippen molar-refractivity contribution in [1.82, 2.24) is 0 Å². The standard InChI is InChI=1S/C34H47O3P/c1-5-9-11-14-18-30-26-32(24-22-28(30)7-3)36-38(35,34-20-16-13-17-21-34)37-33-25-23-29(8-4)31(27-33)19-15-12-10-6-2/h13,16-17,20-27H,5-12,14-15,18-19H2,1-4H3. The normalized spacial score (nSPS) is 11.5. The molecule has 3 aromatic carbocycles. The van der Waals surface area contributed by atoms with Gasteiger partial charge in [0.25, 0.3) is 0 Å². The Bertz CT molecular complexity index is 1090. The fourth-order valence-corrected chi connectivity index (χ4v) is 6.54. The van der Waals surface area contributed by atoms with Crippen LogP contribution in [0.15, 0.2) is 66.7 Å². The predicted octanol–water partition coefficient (Wildman–Crippen LogP) is 10.0. The fourth-order valence-electron chi connectivity index (χ4n) is 4.97. The number of hydrogen-bond acceptors (Lipinski definition) is 3. The smallest absolute Gasteiger partial charge is 0.413 e. The third-order valence-corrected chi connectivity index (χ3v) is 9.07. The van der Waals surface area contributed by atoms with Crippen LogP contribution in [0.4, 0.5) is 0 Å². The second kappa shape index (κ2) is 15.8. The molecule has 0 heterocycles. The van der Waals surface area contributed by atoms with Crippen LogP contribution in [0.3, 0.4) is 0 Å². The highest BCUT2D eigenvalue weighted by Gasteiger charge is 2.31. The Morgan fingerprint density at radius 3 is 1.45 bits per heavy atom. The Morgan fingerprint density at radius 2 is 1.03 bits per heavy atom. The van der Waals surface area contributed by atoms with Crippen molar-refractivity contribution in [3.05, 3.63) is 89.0 Å². The molecule has 0 spiro atoms. The van der Waals surface area contributed by atoms with Crippen LogP contribution in [0.2, 0.25) is 0 Å². The molecule has 0 bridgehead atoms. The van der Waals surface area contributed by atoms with Gasteiger partial charge in [-0.2, -0.15) is 0 Å². The molecule has 0 aliphatic rings. The minimum Gasteiger partial charge on any atom is -0.413 e. The van der Waals surface area contributed by atoms with Crippen molar-refractivity contribution in [2.75, 3.05) is 0 Å². The minimum atomic E-state index is -3.68. The lowest BCUT2D eigenvalue weighted by atomic mass is 9.99. The summed E-state index contributed by atoms with van der Waals surface area (Å²) in [5.74, 6) is 1.20. The van der Waals surface area contributed by atoms with Gasteiger partial charge in [0.1, 0.15) is 11.5 Å². The maximum Gasteiger partial charge on any atom is 0.462 e. The lowest BCUT2D eigenvalue weighted by Gasteiger charge is -2.22. The van der Waals surface area contributed by atoms with Crippen LogP contribution in [-0.2, 0) is 30.2 Å². The number of hydrogen-bond donors (Lipinski definition) is 0. The topological polar surface area (TPSA) is 35.5 Å². The summed E-state index contributed by atoms with van der Waals surface area (Å²) in [6.45, 7) is 8.84. The summed E-state index contributed by atoms with van der Waals surface area (Å²) in [6.07, 6.45) is 13.7. The van der Waals surface area contributed by atoms with Gasteiger partial charge >= 0.3 is 7.60 Å². The van der Waals surface area contributed by atoms with E-state index in [9.17, 15) is 4.57 Å². The second-order valence-corrected chi connectivity index (χ2v) is 12.1. The molecule has 0 atom stereocenters. The molecule has 0 amide bonds. The Balaban J connectivity index is 1.88. The van der Waals surface area contributed by atoms with E-state index >= 15 is 0 Å². The van der Waals surface area contributed by atoms with E-state index < -0.39 is 7.60 Å². The summed E-state index contributed by atoms with van der Waals surface area (Å²) in [6, 6.07) is 21.6. The van der Waals surface area contributed by atoms with Crippen LogP contribution < -0.4 is 14.4 Å². The highest BCUT2D eigenvalue weighted by molar-refractivity contribution is 7.63. The first-order valence-corrected chi connectivity index (χ1v) is 16.4. The van der Waals surface area contributed by atoms with Crippen LogP contribution in [0, 0.1) is 0 Å². The van der Waals surface area contributed by atoms with E-state index in [2.05, 4.69) is 52.0 Å². The van der Waals surface area contributed by atoms with E-state index in [1.807, 2.05) is 42.5 Å². The van der Waals surface area contributed by atoms with Gasteiger partial charge < -0.3 is 9.05 Å². The number of benzene rings is 3. The number of unbranched alkanes of at least 4 members (excludes halogenated alkanes) is 6. The predicted molar refractivity (Wildman–Crippen MR) is 162 cm³/mol. The molecule has 0 radical (unpaired) electrons. The molecule has 0 N–H and O–H groups in total. The molecular formula is C34H47O3P. The summed E-state index contributed by atoms with van der Waals surface area (Å²) in [5, 5.41) is 0.563. The first-order valence-electron chi connectivity index (χ1n) is 14.8. The molecule has 0 aromatic heterocycles. The first-order chi connectivity index (χ1) is 18.5. The largest absolute Gasteiger partial charge is 0.462 e. The molecule has 206 valence electrons. The van der Waals surface area contributed by atoms with Crippen LogP contribution in [0.25, 0.3) is 0 Å². The SMILES string of the molecule is CCCCCCc1cc(OP(=O)(Oc2ccc(CC)c(CCCCCC)c2)c2ccccc2)ccc1CC. The van der Waals surface area contributed by atoms with Crippen molar-refractivity contribution in [3.63, 3.8) is 0 Å². The molecule has 0 saturated heterocycles. The molecule has 0 saturated carbocycles. The van der Waals surface area contributed by atoms with E-state index in [-0.39, 0.29) is 0 Å². The third-order valence-electron chi connectivity index (χ3n) is 7.24. The second-order valence-electron chi connectivity index (χ2n) is 10.2. The minimum absolute atomic E-state index is 0.563. The zero-order chi connectivity index (χ0) is 27.2. The van der Waals surface area contributed by atoms with Gasteiger partial charge in [0, 0.05) is 0 Å². The molecule has 38 heavy (non-hydrogen) atoms. The van der Waals surface area contributed by atoms with Crippen molar-refractivity contribution in [2.45, 2.75) is 105 Å². The zero-order valence-electron chi connectivity index (χ0n) is 24.0. The molecular weight excluding hydrogens is 487 g/mol. The Labute approximate surface area is 231 Å². The van der Waals surface area contributed by atoms with E-state index in [1.54, 1.807) is 0 Å². The van der Waals surface area contributed by atoms with Gasteiger partial charge in [-0.25, -0.2) is 4.57 Å². The summed E-state index contributed by atoms with van der Waals surface area (Å²) >= 11 is 0. The molecule has 0 aliphatic heterocycles. The molecule has 0 aliphatic carbocycles. The van der Waals surface area contributed by atoms with Crippen molar-refractivity contribution < 1.29 is 13.6 Å². The van der Waals surface area contributed by atoms with Gasteiger partial charge in [-0.3, -0.25) is 0 Å². The van der Waals surface area contributed by atoms with Gasteiger partial charge in [0.05, 0.1) is 5.30 Å². The fraction of sp³-hybridized carbons (Fsp3) is 0.471. The number of rotatable bonds is 17. The van der Waals surface area contributed by atoms with E-state index in [0.29, 0.717) is 16.8 Å². The third kappa shape index (κ3) is 8.77. The van der Waals surface area contributed by atoms with Gasteiger partial charge in [-0.05, 0) is 97.2 Å². The van der Waals surface area contributed by atoms with Crippen LogP contribution in [0.1, 0.15) is 101 Å². The maximum atomic E-state index is 14.4. The molecule has 0 fully saturated rings. The van der Waals surface area contributed by atoms with Crippen molar-refractivity contribution in [3.8, 4) is 11.5 Å². The quantitative estimate of drug-likeness (QED) is 0.128. The van der Waals surface area contributed by atoms with E-state index in [4.69, 9.17) is 9.05 Å². The summed E-state index contributed by atoms with van der Waals surface area (Å²) in [4.78, 5) is 0. The van der Waals surface area contributed by atoms with E-state index in [0.717, 1.165) is 38.5 Å². The van der Waals surface area contributed by atoms with Crippen LogP contribution in [0.5, 0.6) is 11.5 Å². The zero-order valence-corrected chi connectivity index (χ0v) is 24.9. The molecule has 0 unspecified atom stereocenters. The Hall–Kier alpha value is -2.51. The average molecular weight is 535 g/mol. The summed E-state index contributed by atoms with van der Waals surface area (Å²) < 4.78 is 27.0. The van der Waals surface area contributed by atoms with Crippen molar-refractivity contribution in [2.24, 2.45) is 0 Å². The molecule has 3 nitrogen and oxygen atoms in total. The Morgan fingerprint density at radius 1 is 0.553 bits per heavy atom.